The predicted molar refractivity (Wildman–Crippen MR) is 138 cm³/mol. The highest BCUT2D eigenvalue weighted by molar-refractivity contribution is 7.13. The molecular weight excluding hydrogens is 512 g/mol. The Bertz CT molecular complexity index is 1120. The molecule has 0 radical (unpaired) electrons. The number of thiazole rings is 1. The van der Waals surface area contributed by atoms with Crippen LogP contribution in [0.2, 0.25) is 0 Å². The lowest BCUT2D eigenvalue weighted by Gasteiger charge is -2.32. The molecule has 2 saturated heterocycles. The quantitative estimate of drug-likeness (QED) is 0.302. The number of carbonyl (C=O) groups excluding carboxylic acids is 3. The molecule has 0 aromatic carbocycles. The average Bonchev–Trinajstić information content (AvgIpc) is 3.66. The second-order valence-corrected chi connectivity index (χ2v) is 10.4. The number of allylic oxidation sites excluding steroid dienone is 1. The number of hydrogen-bond acceptors (Lipinski definition) is 11. The van der Waals surface area contributed by atoms with Gasteiger partial charge in [-0.1, -0.05) is 17.4 Å². The van der Waals surface area contributed by atoms with Crippen LogP contribution in [-0.4, -0.2) is 99.9 Å². The Morgan fingerprint density at radius 2 is 2.03 bits per heavy atom. The molecule has 2 fully saturated rings. The van der Waals surface area contributed by atoms with Crippen molar-refractivity contribution >= 4 is 29.2 Å². The number of ether oxygens (including phenoxy) is 3. The third kappa shape index (κ3) is 6.83. The van der Waals surface area contributed by atoms with E-state index in [1.165, 1.54) is 11.3 Å². The largest absolute Gasteiger partial charge is 0.461 e. The van der Waals surface area contributed by atoms with Gasteiger partial charge in [0.15, 0.2) is 6.10 Å². The smallest absolute Gasteiger partial charge is 0.411 e. The number of methoxy groups -OCH3 is 1. The first-order valence-corrected chi connectivity index (χ1v) is 13.6. The zero-order chi connectivity index (χ0) is 27.1. The van der Waals surface area contributed by atoms with Crippen LogP contribution in [0.3, 0.4) is 0 Å². The van der Waals surface area contributed by atoms with E-state index >= 15 is 0 Å². The lowest BCUT2D eigenvalue weighted by atomic mass is 9.99. The van der Waals surface area contributed by atoms with Gasteiger partial charge < -0.3 is 14.2 Å². The monoisotopic (exact) mass is 546 g/mol. The number of amides is 1. The molecule has 206 valence electrons. The summed E-state index contributed by atoms with van der Waals surface area (Å²) in [6.45, 7) is 2.90. The summed E-state index contributed by atoms with van der Waals surface area (Å²) in [5.41, 5.74) is 0.710. The Hall–Kier alpha value is -3.16. The number of carbonyl (C=O) groups is 3. The molecule has 1 amide bonds. The SMILES string of the molecule is COC1CCCN(C)[C@@H]2C(COC(=O)C(C)C(=O)CC1)OC(=O)N2C/C=C/Cn1cc(-c2nccs2)nn1. The van der Waals surface area contributed by atoms with Crippen molar-refractivity contribution in [2.45, 2.75) is 57.5 Å². The lowest BCUT2D eigenvalue weighted by Crippen LogP contribution is -2.50. The van der Waals surface area contributed by atoms with E-state index in [4.69, 9.17) is 14.2 Å². The van der Waals surface area contributed by atoms with Crippen molar-refractivity contribution in [2.75, 3.05) is 33.9 Å². The van der Waals surface area contributed by atoms with Gasteiger partial charge in [0.25, 0.3) is 0 Å². The summed E-state index contributed by atoms with van der Waals surface area (Å²) < 4.78 is 18.3. The van der Waals surface area contributed by atoms with Crippen LogP contribution in [0.1, 0.15) is 32.6 Å². The van der Waals surface area contributed by atoms with Gasteiger partial charge in [-0.15, -0.1) is 16.4 Å². The van der Waals surface area contributed by atoms with Crippen molar-refractivity contribution in [1.29, 1.82) is 0 Å². The van der Waals surface area contributed by atoms with E-state index < -0.39 is 30.3 Å². The minimum Gasteiger partial charge on any atom is -0.461 e. The maximum atomic E-state index is 12.8. The van der Waals surface area contributed by atoms with Gasteiger partial charge in [-0.25, -0.2) is 14.5 Å². The van der Waals surface area contributed by atoms with E-state index in [2.05, 4.69) is 15.3 Å². The number of hydrogen-bond donors (Lipinski definition) is 0. The number of esters is 1. The molecule has 0 N–H and O–H groups in total. The number of nitrogens with zero attached hydrogens (tertiary/aromatic N) is 6. The zero-order valence-electron chi connectivity index (χ0n) is 21.9. The molecule has 13 heteroatoms. The van der Waals surface area contributed by atoms with Gasteiger partial charge in [0, 0.05) is 38.2 Å². The topological polar surface area (TPSA) is 129 Å². The van der Waals surface area contributed by atoms with Crippen molar-refractivity contribution in [2.24, 2.45) is 5.92 Å². The maximum absolute atomic E-state index is 12.8. The minimum absolute atomic E-state index is 0.0808. The molecule has 3 unspecified atom stereocenters. The van der Waals surface area contributed by atoms with E-state index in [9.17, 15) is 14.4 Å². The van der Waals surface area contributed by atoms with Gasteiger partial charge in [0.05, 0.1) is 18.8 Å². The van der Waals surface area contributed by atoms with Crippen LogP contribution >= 0.6 is 11.3 Å². The van der Waals surface area contributed by atoms with Crippen molar-refractivity contribution in [3.05, 3.63) is 29.9 Å². The first kappa shape index (κ1) is 27.9. The molecule has 4 atom stereocenters. The van der Waals surface area contributed by atoms with Crippen molar-refractivity contribution < 1.29 is 28.6 Å². The third-order valence-electron chi connectivity index (χ3n) is 6.85. The van der Waals surface area contributed by atoms with Gasteiger partial charge in [-0.2, -0.15) is 0 Å². The molecule has 2 aromatic heterocycles. The van der Waals surface area contributed by atoms with Gasteiger partial charge in [-0.05, 0) is 33.2 Å². The summed E-state index contributed by atoms with van der Waals surface area (Å²) in [5.74, 6) is -1.67. The fourth-order valence-corrected chi connectivity index (χ4v) is 5.21. The number of rotatable bonds is 6. The highest BCUT2D eigenvalue weighted by atomic mass is 32.1. The van der Waals surface area contributed by atoms with Crippen LogP contribution in [0.25, 0.3) is 10.7 Å². The molecular formula is C25H34N6O6S. The molecule has 4 rings (SSSR count). The number of aromatic nitrogens is 4. The Morgan fingerprint density at radius 1 is 1.21 bits per heavy atom. The van der Waals surface area contributed by atoms with Crippen LogP contribution in [0, 0.1) is 5.92 Å². The van der Waals surface area contributed by atoms with E-state index in [0.29, 0.717) is 31.7 Å². The molecule has 12 nitrogen and oxygen atoms in total. The molecule has 38 heavy (non-hydrogen) atoms. The summed E-state index contributed by atoms with van der Waals surface area (Å²) in [6.07, 6.45) is 8.04. The van der Waals surface area contributed by atoms with Gasteiger partial charge in [0.1, 0.15) is 35.2 Å². The Kier molecular flexibility index (Phi) is 9.58. The van der Waals surface area contributed by atoms with Crippen LogP contribution in [-0.2, 0) is 30.3 Å². The van der Waals surface area contributed by atoms with Crippen molar-refractivity contribution in [3.8, 4) is 10.7 Å². The molecule has 0 bridgehead atoms. The summed E-state index contributed by atoms with van der Waals surface area (Å²) >= 11 is 1.50. The lowest BCUT2D eigenvalue weighted by molar-refractivity contribution is -0.154. The standard InChI is InChI=1S/C25H34N6O6S/c1-17-20(32)9-8-18(35-3)7-6-11-29(2)23-21(16-36-24(17)33)37-25(34)31(23)13-5-4-12-30-15-19(27-28-30)22-26-10-14-38-22/h4-5,10,14-15,17-18,21,23H,6-9,11-13,16H2,1-3H3/b5-4+/t17?,18?,21?,23-/m0/s1. The average molecular weight is 547 g/mol. The summed E-state index contributed by atoms with van der Waals surface area (Å²) in [4.78, 5) is 45.7. The number of cyclic esters (lactones) is 1. The zero-order valence-corrected chi connectivity index (χ0v) is 22.7. The van der Waals surface area contributed by atoms with E-state index in [1.807, 2.05) is 35.7 Å². The summed E-state index contributed by atoms with van der Waals surface area (Å²) in [5, 5.41) is 11.0. The first-order valence-electron chi connectivity index (χ1n) is 12.7. The maximum Gasteiger partial charge on any atom is 0.411 e. The number of fused-ring (bicyclic) bond motifs is 1. The number of likely N-dealkylation sites (N-methyl/N-ethyl adjacent to an activating group) is 1. The molecule has 0 saturated carbocycles. The second kappa shape index (κ2) is 13.1. The van der Waals surface area contributed by atoms with Crippen LogP contribution < -0.4 is 0 Å². The van der Waals surface area contributed by atoms with E-state index in [0.717, 1.165) is 17.8 Å². The second-order valence-electron chi connectivity index (χ2n) is 9.46. The Labute approximate surface area is 225 Å². The molecule has 2 aliphatic rings. The summed E-state index contributed by atoms with van der Waals surface area (Å²) in [6, 6.07) is 0. The van der Waals surface area contributed by atoms with Gasteiger partial charge in [0.2, 0.25) is 0 Å². The van der Waals surface area contributed by atoms with Gasteiger partial charge in [-0.3, -0.25) is 19.4 Å². The normalized spacial score (nSPS) is 26.3. The van der Waals surface area contributed by atoms with Crippen LogP contribution in [0.5, 0.6) is 0 Å². The molecule has 0 aliphatic carbocycles. The molecule has 4 heterocycles. The number of ketones is 1. The first-order chi connectivity index (χ1) is 18.4. The van der Waals surface area contributed by atoms with Gasteiger partial charge >= 0.3 is 12.1 Å². The minimum atomic E-state index is -0.879. The van der Waals surface area contributed by atoms with E-state index in [1.54, 1.807) is 29.8 Å². The highest BCUT2D eigenvalue weighted by Gasteiger charge is 2.44. The van der Waals surface area contributed by atoms with Crippen LogP contribution in [0.15, 0.2) is 29.9 Å². The molecule has 2 aliphatic heterocycles. The van der Waals surface area contributed by atoms with Crippen molar-refractivity contribution in [1.82, 2.24) is 29.8 Å². The predicted octanol–water partition coefficient (Wildman–Crippen LogP) is 2.37. The van der Waals surface area contributed by atoms with Crippen molar-refractivity contribution in [3.63, 3.8) is 0 Å². The summed E-state index contributed by atoms with van der Waals surface area (Å²) in [7, 11) is 3.56. The molecule has 0 spiro atoms. The third-order valence-corrected chi connectivity index (χ3v) is 7.65. The van der Waals surface area contributed by atoms with E-state index in [-0.39, 0.29) is 24.9 Å². The Balaban J connectivity index is 1.41. The molecule has 2 aromatic rings. The fraction of sp³-hybridized carbons (Fsp3) is 0.600. The highest BCUT2D eigenvalue weighted by Crippen LogP contribution is 2.24. The number of Topliss-reactive ketones (excluding diaryl/α,β-unsaturated/α-hetero) is 1. The fourth-order valence-electron chi connectivity index (χ4n) is 4.62. The Morgan fingerprint density at radius 3 is 2.79 bits per heavy atom. The van der Waals surface area contributed by atoms with Crippen LogP contribution in [0.4, 0.5) is 4.79 Å².